The molecule has 5 nitrogen and oxygen atoms in total. The molecule has 2 heterocycles. The first-order chi connectivity index (χ1) is 14.2. The van der Waals surface area contributed by atoms with Crippen molar-refractivity contribution in [1.82, 2.24) is 19.9 Å². The Bertz CT molecular complexity index is 1110. The summed E-state index contributed by atoms with van der Waals surface area (Å²) in [6.07, 6.45) is 3.41. The van der Waals surface area contributed by atoms with E-state index in [0.717, 1.165) is 29.8 Å². The van der Waals surface area contributed by atoms with E-state index in [1.165, 1.54) is 29.8 Å². The molecule has 0 saturated heterocycles. The zero-order valence-corrected chi connectivity index (χ0v) is 15.9. The number of hydrogen-bond donors (Lipinski definition) is 1. The van der Waals surface area contributed by atoms with Crippen molar-refractivity contribution in [2.75, 3.05) is 6.54 Å². The third-order valence-corrected chi connectivity index (χ3v) is 4.79. The van der Waals surface area contributed by atoms with Crippen molar-refractivity contribution in [3.63, 3.8) is 0 Å². The molecule has 0 bridgehead atoms. The molecule has 0 unspecified atom stereocenters. The van der Waals surface area contributed by atoms with E-state index < -0.39 is 0 Å². The average molecular weight is 388 g/mol. The molecule has 6 heteroatoms. The van der Waals surface area contributed by atoms with E-state index in [0.29, 0.717) is 18.7 Å². The quantitative estimate of drug-likeness (QED) is 0.524. The van der Waals surface area contributed by atoms with Crippen LogP contribution in [0.25, 0.3) is 11.2 Å². The Kier molecular flexibility index (Phi) is 5.61. The van der Waals surface area contributed by atoms with Gasteiger partial charge < -0.3 is 9.88 Å². The number of fused-ring (bicyclic) bond motifs is 1. The minimum absolute atomic E-state index is 0.229. The van der Waals surface area contributed by atoms with E-state index in [4.69, 9.17) is 4.98 Å². The second-order valence-corrected chi connectivity index (χ2v) is 6.77. The monoisotopic (exact) mass is 388 g/mol. The van der Waals surface area contributed by atoms with Gasteiger partial charge in [-0.05, 0) is 48.4 Å². The number of aromatic nitrogens is 3. The first kappa shape index (κ1) is 18.8. The molecule has 1 amide bonds. The van der Waals surface area contributed by atoms with Gasteiger partial charge in [0, 0.05) is 31.3 Å². The molecule has 1 N–H and O–H groups in total. The maximum atomic E-state index is 13.0. The normalized spacial score (nSPS) is 10.9. The summed E-state index contributed by atoms with van der Waals surface area (Å²) in [5, 5.41) is 2.88. The maximum absolute atomic E-state index is 13.0. The highest BCUT2D eigenvalue weighted by Crippen LogP contribution is 2.15. The number of imidazole rings is 1. The van der Waals surface area contributed by atoms with Crippen molar-refractivity contribution in [2.45, 2.75) is 19.4 Å². The summed E-state index contributed by atoms with van der Waals surface area (Å²) in [6.45, 7) is 0.987. The summed E-state index contributed by atoms with van der Waals surface area (Å²) < 4.78 is 15.1. The number of hydrogen-bond acceptors (Lipinski definition) is 3. The van der Waals surface area contributed by atoms with Crippen LogP contribution in [-0.4, -0.2) is 27.0 Å². The van der Waals surface area contributed by atoms with E-state index in [1.54, 1.807) is 6.20 Å². The molecule has 0 aliphatic rings. The van der Waals surface area contributed by atoms with Gasteiger partial charge in [0.1, 0.15) is 17.2 Å². The average Bonchev–Trinajstić information content (AvgIpc) is 3.11. The van der Waals surface area contributed by atoms with Crippen LogP contribution in [0, 0.1) is 5.82 Å². The highest BCUT2D eigenvalue weighted by Gasteiger charge is 2.12. The molecule has 0 saturated carbocycles. The summed E-state index contributed by atoms with van der Waals surface area (Å²) in [7, 11) is 0. The number of carbonyl (C=O) groups is 1. The number of nitrogens with one attached hydrogen (secondary N) is 1. The van der Waals surface area contributed by atoms with Crippen molar-refractivity contribution in [3.05, 3.63) is 95.7 Å². The molecule has 0 atom stereocenters. The molecule has 146 valence electrons. The van der Waals surface area contributed by atoms with E-state index in [2.05, 4.69) is 27.0 Å². The minimum atomic E-state index is -0.361. The van der Waals surface area contributed by atoms with Gasteiger partial charge in [-0.25, -0.2) is 14.4 Å². The zero-order chi connectivity index (χ0) is 20.1. The number of amides is 1. The van der Waals surface area contributed by atoms with Gasteiger partial charge in [0.25, 0.3) is 5.91 Å². The Balaban J connectivity index is 1.46. The van der Waals surface area contributed by atoms with Gasteiger partial charge in [-0.3, -0.25) is 4.79 Å². The molecule has 0 aliphatic carbocycles. The van der Waals surface area contributed by atoms with Gasteiger partial charge in [-0.1, -0.05) is 30.3 Å². The van der Waals surface area contributed by atoms with Gasteiger partial charge in [0.15, 0.2) is 5.65 Å². The van der Waals surface area contributed by atoms with Gasteiger partial charge in [0.05, 0.1) is 0 Å². The number of nitrogens with zero attached hydrogens (tertiary/aromatic N) is 3. The lowest BCUT2D eigenvalue weighted by Gasteiger charge is -2.10. The Hall–Kier alpha value is -3.54. The molecule has 4 rings (SSSR count). The summed E-state index contributed by atoms with van der Waals surface area (Å²) >= 11 is 0. The third-order valence-electron chi connectivity index (χ3n) is 4.79. The molecule has 0 fully saturated rings. The summed E-state index contributed by atoms with van der Waals surface area (Å²) in [5.74, 6) is 0.354. The maximum Gasteiger partial charge on any atom is 0.251 e. The number of carbonyl (C=O) groups excluding carboxylic acids is 1. The van der Waals surface area contributed by atoms with Crippen molar-refractivity contribution < 1.29 is 9.18 Å². The van der Waals surface area contributed by atoms with Gasteiger partial charge in [0.2, 0.25) is 0 Å². The molecule has 2 aromatic carbocycles. The van der Waals surface area contributed by atoms with Gasteiger partial charge >= 0.3 is 0 Å². The zero-order valence-electron chi connectivity index (χ0n) is 15.9. The minimum Gasteiger partial charge on any atom is -0.350 e. The molecule has 0 aliphatic heterocycles. The Morgan fingerprint density at radius 1 is 0.966 bits per heavy atom. The fourth-order valence-electron chi connectivity index (χ4n) is 3.32. The van der Waals surface area contributed by atoms with Crippen LogP contribution in [0.2, 0.25) is 0 Å². The largest absolute Gasteiger partial charge is 0.350 e. The molecule has 4 aromatic rings. The summed E-state index contributed by atoms with van der Waals surface area (Å²) in [6, 6.07) is 19.6. The topological polar surface area (TPSA) is 59.8 Å². The Morgan fingerprint density at radius 2 is 1.76 bits per heavy atom. The second kappa shape index (κ2) is 8.65. The third kappa shape index (κ3) is 4.48. The van der Waals surface area contributed by atoms with Crippen LogP contribution < -0.4 is 5.32 Å². The molecular formula is C23H21FN4O. The highest BCUT2D eigenvalue weighted by molar-refractivity contribution is 5.94. The molecule has 0 radical (unpaired) electrons. The second-order valence-electron chi connectivity index (χ2n) is 6.77. The summed E-state index contributed by atoms with van der Waals surface area (Å²) in [4.78, 5) is 21.5. The molecular weight excluding hydrogens is 367 g/mol. The number of halogens is 1. The van der Waals surface area contributed by atoms with E-state index in [-0.39, 0.29) is 11.7 Å². The predicted octanol–water partition coefficient (Wildman–Crippen LogP) is 3.79. The lowest BCUT2D eigenvalue weighted by atomic mass is 10.1. The van der Waals surface area contributed by atoms with Crippen LogP contribution in [0.1, 0.15) is 21.7 Å². The van der Waals surface area contributed by atoms with Crippen LogP contribution in [0.3, 0.4) is 0 Å². The number of aryl methyl sites for hydroxylation is 2. The predicted molar refractivity (Wildman–Crippen MR) is 110 cm³/mol. The number of pyridine rings is 1. The van der Waals surface area contributed by atoms with Gasteiger partial charge in [-0.2, -0.15) is 0 Å². The smallest absolute Gasteiger partial charge is 0.251 e. The van der Waals surface area contributed by atoms with Crippen molar-refractivity contribution in [1.29, 1.82) is 0 Å². The van der Waals surface area contributed by atoms with E-state index >= 15 is 0 Å². The van der Waals surface area contributed by atoms with Crippen LogP contribution in [0.4, 0.5) is 4.39 Å². The standard InChI is InChI=1S/C23H21FN4O/c24-19-11-9-18(10-12-19)23(29)26-15-16-28-21(13-8-17-5-2-1-3-6-17)27-20-7-4-14-25-22(20)28/h1-7,9-12,14H,8,13,15-16H2,(H,26,29). The van der Waals surface area contributed by atoms with Gasteiger partial charge in [-0.15, -0.1) is 0 Å². The molecule has 2 aromatic heterocycles. The molecule has 29 heavy (non-hydrogen) atoms. The van der Waals surface area contributed by atoms with Crippen LogP contribution in [-0.2, 0) is 19.4 Å². The first-order valence-corrected chi connectivity index (χ1v) is 9.58. The fraction of sp³-hybridized carbons (Fsp3) is 0.174. The van der Waals surface area contributed by atoms with Crippen molar-refractivity contribution >= 4 is 17.1 Å². The van der Waals surface area contributed by atoms with E-state index in [9.17, 15) is 9.18 Å². The Labute approximate surface area is 168 Å². The highest BCUT2D eigenvalue weighted by atomic mass is 19.1. The number of rotatable bonds is 7. The van der Waals surface area contributed by atoms with Crippen molar-refractivity contribution in [3.8, 4) is 0 Å². The SMILES string of the molecule is O=C(NCCn1c(CCc2ccccc2)nc2cccnc21)c1ccc(F)cc1. The Morgan fingerprint density at radius 3 is 2.55 bits per heavy atom. The lowest BCUT2D eigenvalue weighted by molar-refractivity contribution is 0.0952. The summed E-state index contributed by atoms with van der Waals surface area (Å²) in [5.41, 5.74) is 3.35. The van der Waals surface area contributed by atoms with Crippen LogP contribution >= 0.6 is 0 Å². The number of benzene rings is 2. The van der Waals surface area contributed by atoms with Crippen LogP contribution in [0.15, 0.2) is 72.9 Å². The fourth-order valence-corrected chi connectivity index (χ4v) is 3.32. The van der Waals surface area contributed by atoms with E-state index in [1.807, 2.05) is 30.3 Å². The van der Waals surface area contributed by atoms with Crippen molar-refractivity contribution in [2.24, 2.45) is 0 Å². The molecule has 0 spiro atoms. The first-order valence-electron chi connectivity index (χ1n) is 9.58. The van der Waals surface area contributed by atoms with Crippen LogP contribution in [0.5, 0.6) is 0 Å². The lowest BCUT2D eigenvalue weighted by Crippen LogP contribution is -2.27.